The number of hydrogen-bond acceptors (Lipinski definition) is 2. The van der Waals surface area contributed by atoms with Crippen LogP contribution in [0.3, 0.4) is 0 Å². The number of guanidine groups is 1. The third kappa shape index (κ3) is 8.53. The normalized spacial score (nSPS) is 11.9. The predicted molar refractivity (Wildman–Crippen MR) is 72.1 cm³/mol. The van der Waals surface area contributed by atoms with Crippen LogP contribution < -0.4 is 10.6 Å². The molecule has 0 radical (unpaired) electrons. The number of likely N-dealkylation sites (N-methyl/N-ethyl adjacent to an activating group) is 1. The Hall–Kier alpha value is -0.770. The van der Waals surface area contributed by atoms with Gasteiger partial charge in [0.1, 0.15) is 0 Å². The van der Waals surface area contributed by atoms with Crippen LogP contribution >= 0.6 is 0 Å². The molecular weight excluding hydrogens is 200 g/mol. The summed E-state index contributed by atoms with van der Waals surface area (Å²) in [7, 11) is 2.13. The minimum Gasteiger partial charge on any atom is -0.357 e. The Morgan fingerprint density at radius 3 is 2.50 bits per heavy atom. The fourth-order valence-electron chi connectivity index (χ4n) is 1.21. The van der Waals surface area contributed by atoms with Crippen molar-refractivity contribution in [2.24, 2.45) is 4.99 Å². The molecule has 0 saturated heterocycles. The van der Waals surface area contributed by atoms with E-state index in [1.54, 1.807) is 0 Å². The lowest BCUT2D eigenvalue weighted by Crippen LogP contribution is -2.41. The Morgan fingerprint density at radius 2 is 1.94 bits per heavy atom. The summed E-state index contributed by atoms with van der Waals surface area (Å²) >= 11 is 0. The Kier molecular flexibility index (Phi) is 10.2. The van der Waals surface area contributed by atoms with Crippen LogP contribution in [-0.2, 0) is 0 Å². The SMILES string of the molecule is CCCCN=C(NCC)NCCN(C)CC. The van der Waals surface area contributed by atoms with Gasteiger partial charge in [0.25, 0.3) is 0 Å². The third-order valence-corrected chi connectivity index (χ3v) is 2.45. The Labute approximate surface area is 101 Å². The van der Waals surface area contributed by atoms with Crippen LogP contribution in [-0.4, -0.2) is 50.6 Å². The highest BCUT2D eigenvalue weighted by Crippen LogP contribution is 1.86. The van der Waals surface area contributed by atoms with E-state index in [0.29, 0.717) is 0 Å². The van der Waals surface area contributed by atoms with E-state index >= 15 is 0 Å². The average molecular weight is 228 g/mol. The molecule has 0 aliphatic heterocycles. The van der Waals surface area contributed by atoms with Gasteiger partial charge >= 0.3 is 0 Å². The molecule has 0 atom stereocenters. The van der Waals surface area contributed by atoms with Gasteiger partial charge in [0, 0.05) is 26.2 Å². The summed E-state index contributed by atoms with van der Waals surface area (Å²) in [5, 5.41) is 6.60. The number of nitrogens with zero attached hydrogens (tertiary/aromatic N) is 2. The summed E-state index contributed by atoms with van der Waals surface area (Å²) in [6, 6.07) is 0. The molecule has 0 unspecified atom stereocenters. The van der Waals surface area contributed by atoms with Crippen molar-refractivity contribution in [3.8, 4) is 0 Å². The van der Waals surface area contributed by atoms with Crippen molar-refractivity contribution in [3.05, 3.63) is 0 Å². The molecule has 16 heavy (non-hydrogen) atoms. The van der Waals surface area contributed by atoms with Crippen LogP contribution in [0.5, 0.6) is 0 Å². The lowest BCUT2D eigenvalue weighted by molar-refractivity contribution is 0.357. The number of rotatable bonds is 8. The van der Waals surface area contributed by atoms with Gasteiger partial charge in [-0.15, -0.1) is 0 Å². The van der Waals surface area contributed by atoms with Gasteiger partial charge < -0.3 is 15.5 Å². The molecule has 0 bridgehead atoms. The summed E-state index contributed by atoms with van der Waals surface area (Å²) in [5.74, 6) is 0.945. The summed E-state index contributed by atoms with van der Waals surface area (Å²) in [5.41, 5.74) is 0. The van der Waals surface area contributed by atoms with Gasteiger partial charge in [-0.05, 0) is 26.9 Å². The second kappa shape index (κ2) is 10.7. The van der Waals surface area contributed by atoms with Crippen molar-refractivity contribution >= 4 is 5.96 Å². The van der Waals surface area contributed by atoms with Crippen molar-refractivity contribution in [1.82, 2.24) is 15.5 Å². The highest BCUT2D eigenvalue weighted by Gasteiger charge is 1.97. The van der Waals surface area contributed by atoms with Crippen LogP contribution in [0.1, 0.15) is 33.6 Å². The van der Waals surface area contributed by atoms with E-state index in [9.17, 15) is 0 Å². The van der Waals surface area contributed by atoms with Gasteiger partial charge in [-0.2, -0.15) is 0 Å². The van der Waals surface area contributed by atoms with Crippen LogP contribution in [0.15, 0.2) is 4.99 Å². The van der Waals surface area contributed by atoms with Gasteiger partial charge in [0.05, 0.1) is 0 Å². The third-order valence-electron chi connectivity index (χ3n) is 2.45. The van der Waals surface area contributed by atoms with Gasteiger partial charge in [0.2, 0.25) is 0 Å². The maximum absolute atomic E-state index is 4.50. The number of hydrogen-bond donors (Lipinski definition) is 2. The standard InChI is InChI=1S/C12H28N4/c1-5-8-9-14-12(13-6-2)15-10-11-16(4)7-3/h5-11H2,1-4H3,(H2,13,14,15). The van der Waals surface area contributed by atoms with Gasteiger partial charge in [-0.1, -0.05) is 20.3 Å². The number of unbranched alkanes of at least 4 members (excludes halogenated alkanes) is 1. The molecule has 0 amide bonds. The molecule has 0 aromatic heterocycles. The Balaban J connectivity index is 3.79. The first kappa shape index (κ1) is 15.2. The lowest BCUT2D eigenvalue weighted by Gasteiger charge is -2.16. The van der Waals surface area contributed by atoms with E-state index < -0.39 is 0 Å². The van der Waals surface area contributed by atoms with Gasteiger partial charge in [0.15, 0.2) is 5.96 Å². The molecule has 0 rings (SSSR count). The molecule has 0 spiro atoms. The van der Waals surface area contributed by atoms with Crippen LogP contribution in [0.2, 0.25) is 0 Å². The summed E-state index contributed by atoms with van der Waals surface area (Å²) in [4.78, 5) is 6.78. The minimum atomic E-state index is 0.912. The van der Waals surface area contributed by atoms with Crippen molar-refractivity contribution < 1.29 is 0 Å². The summed E-state index contributed by atoms with van der Waals surface area (Å²) in [6.07, 6.45) is 2.35. The fourth-order valence-corrected chi connectivity index (χ4v) is 1.21. The van der Waals surface area contributed by atoms with Gasteiger partial charge in [-0.3, -0.25) is 4.99 Å². The van der Waals surface area contributed by atoms with Crippen LogP contribution in [0.4, 0.5) is 0 Å². The second-order valence-corrected chi connectivity index (χ2v) is 3.94. The van der Waals surface area contributed by atoms with Crippen LogP contribution in [0, 0.1) is 0 Å². The predicted octanol–water partition coefficient (Wildman–Crippen LogP) is 1.29. The molecular formula is C12H28N4. The van der Waals surface area contributed by atoms with Crippen molar-refractivity contribution in [3.63, 3.8) is 0 Å². The average Bonchev–Trinajstić information content (AvgIpc) is 2.29. The van der Waals surface area contributed by atoms with Crippen LogP contribution in [0.25, 0.3) is 0 Å². The molecule has 4 heteroatoms. The molecule has 0 heterocycles. The second-order valence-electron chi connectivity index (χ2n) is 3.94. The topological polar surface area (TPSA) is 39.7 Å². The minimum absolute atomic E-state index is 0.912. The Morgan fingerprint density at radius 1 is 1.19 bits per heavy atom. The monoisotopic (exact) mass is 228 g/mol. The van der Waals surface area contributed by atoms with E-state index in [1.165, 1.54) is 6.42 Å². The van der Waals surface area contributed by atoms with E-state index in [1.807, 2.05) is 0 Å². The van der Waals surface area contributed by atoms with E-state index in [2.05, 4.69) is 48.3 Å². The first-order valence-corrected chi connectivity index (χ1v) is 6.45. The van der Waals surface area contributed by atoms with E-state index in [4.69, 9.17) is 0 Å². The van der Waals surface area contributed by atoms with E-state index in [-0.39, 0.29) is 0 Å². The molecule has 96 valence electrons. The van der Waals surface area contributed by atoms with E-state index in [0.717, 1.165) is 45.1 Å². The first-order valence-electron chi connectivity index (χ1n) is 6.45. The maximum Gasteiger partial charge on any atom is 0.191 e. The maximum atomic E-state index is 4.50. The first-order chi connectivity index (χ1) is 7.74. The smallest absolute Gasteiger partial charge is 0.191 e. The van der Waals surface area contributed by atoms with Crippen molar-refractivity contribution in [2.45, 2.75) is 33.6 Å². The quantitative estimate of drug-likeness (QED) is 0.374. The molecule has 0 aromatic rings. The highest BCUT2D eigenvalue weighted by atomic mass is 15.2. The summed E-state index contributed by atoms with van der Waals surface area (Å²) in [6.45, 7) is 11.4. The zero-order valence-corrected chi connectivity index (χ0v) is 11.3. The van der Waals surface area contributed by atoms with Gasteiger partial charge in [-0.25, -0.2) is 0 Å². The van der Waals surface area contributed by atoms with Crippen molar-refractivity contribution in [2.75, 3.05) is 39.8 Å². The molecule has 0 saturated carbocycles. The van der Waals surface area contributed by atoms with Crippen molar-refractivity contribution in [1.29, 1.82) is 0 Å². The molecule has 2 N–H and O–H groups in total. The largest absolute Gasteiger partial charge is 0.357 e. The number of nitrogens with one attached hydrogen (secondary N) is 2. The fraction of sp³-hybridized carbons (Fsp3) is 0.917. The lowest BCUT2D eigenvalue weighted by atomic mass is 10.3. The highest BCUT2D eigenvalue weighted by molar-refractivity contribution is 5.79. The summed E-state index contributed by atoms with van der Waals surface area (Å²) < 4.78 is 0. The molecule has 4 nitrogen and oxygen atoms in total. The molecule has 0 aliphatic rings. The zero-order valence-electron chi connectivity index (χ0n) is 11.3. The Bertz CT molecular complexity index is 180. The molecule has 0 fully saturated rings. The molecule has 0 aliphatic carbocycles. The number of aliphatic imine (C=N–C) groups is 1. The molecule has 0 aromatic carbocycles. The zero-order chi connectivity index (χ0) is 12.2.